The molecule has 0 N–H and O–H groups in total. The largest absolute Gasteiger partial charge is 0.298 e. The zero-order valence-corrected chi connectivity index (χ0v) is 9.92. The fourth-order valence-corrected chi connectivity index (χ4v) is 1.65. The smallest absolute Gasteiger partial charge is 0.152 e. The first-order valence-electron chi connectivity index (χ1n) is 5.58. The van der Waals surface area contributed by atoms with E-state index in [1.54, 1.807) is 12.4 Å². The van der Waals surface area contributed by atoms with E-state index in [1.165, 1.54) is 0 Å². The highest BCUT2D eigenvalue weighted by molar-refractivity contribution is 5.85. The van der Waals surface area contributed by atoms with Gasteiger partial charge in [0.15, 0.2) is 6.29 Å². The zero-order chi connectivity index (χ0) is 12.3. The lowest BCUT2D eigenvalue weighted by Crippen LogP contribution is -1.97. The maximum absolute atomic E-state index is 11.1. The maximum atomic E-state index is 11.1. The van der Waals surface area contributed by atoms with Gasteiger partial charge >= 0.3 is 0 Å². The molecule has 2 heterocycles. The predicted molar refractivity (Wildman–Crippen MR) is 66.9 cm³/mol. The SMILES string of the molecule is CC(C)c1cnc(-c2cccnc2)c(C=O)c1. The van der Waals surface area contributed by atoms with Crippen LogP contribution in [0.2, 0.25) is 0 Å². The predicted octanol–water partition coefficient (Wildman–Crippen LogP) is 3.08. The minimum Gasteiger partial charge on any atom is -0.298 e. The van der Waals surface area contributed by atoms with Gasteiger partial charge in [-0.25, -0.2) is 0 Å². The number of aromatic nitrogens is 2. The molecule has 2 aromatic heterocycles. The van der Waals surface area contributed by atoms with Crippen LogP contribution in [0.3, 0.4) is 0 Å². The van der Waals surface area contributed by atoms with E-state index >= 15 is 0 Å². The second-order valence-corrected chi connectivity index (χ2v) is 4.22. The lowest BCUT2D eigenvalue weighted by Gasteiger charge is -2.08. The Hall–Kier alpha value is -2.03. The number of carbonyl (C=O) groups is 1. The summed E-state index contributed by atoms with van der Waals surface area (Å²) in [5.74, 6) is 0.365. The molecule has 0 atom stereocenters. The van der Waals surface area contributed by atoms with Gasteiger partial charge in [0, 0.05) is 29.7 Å². The topological polar surface area (TPSA) is 42.9 Å². The first kappa shape index (κ1) is 11.5. The number of hydrogen-bond acceptors (Lipinski definition) is 3. The maximum Gasteiger partial charge on any atom is 0.152 e. The molecule has 0 aliphatic carbocycles. The van der Waals surface area contributed by atoms with Crippen molar-refractivity contribution in [3.8, 4) is 11.3 Å². The standard InChI is InChI=1S/C14H14N2O/c1-10(2)12-6-13(9-17)14(16-8-12)11-4-3-5-15-7-11/h3-10H,1-2H3. The third-order valence-electron chi connectivity index (χ3n) is 2.67. The minimum atomic E-state index is 0.365. The molecule has 0 saturated heterocycles. The molecule has 0 amide bonds. The Morgan fingerprint density at radius 2 is 2.12 bits per heavy atom. The molecular formula is C14H14N2O. The molecule has 0 bridgehead atoms. The molecule has 0 aliphatic rings. The van der Waals surface area contributed by atoms with Crippen LogP contribution in [0.1, 0.15) is 35.7 Å². The van der Waals surface area contributed by atoms with E-state index in [0.29, 0.717) is 17.2 Å². The fraction of sp³-hybridized carbons (Fsp3) is 0.214. The summed E-state index contributed by atoms with van der Waals surface area (Å²) >= 11 is 0. The first-order chi connectivity index (χ1) is 8.22. The quantitative estimate of drug-likeness (QED) is 0.755. The van der Waals surface area contributed by atoms with E-state index in [2.05, 4.69) is 23.8 Å². The van der Waals surface area contributed by atoms with Gasteiger partial charge < -0.3 is 0 Å². The van der Waals surface area contributed by atoms with Crippen molar-refractivity contribution in [2.24, 2.45) is 0 Å². The number of hydrogen-bond donors (Lipinski definition) is 0. The monoisotopic (exact) mass is 226 g/mol. The molecule has 3 nitrogen and oxygen atoms in total. The summed E-state index contributed by atoms with van der Waals surface area (Å²) in [6, 6.07) is 5.63. The zero-order valence-electron chi connectivity index (χ0n) is 9.92. The molecule has 0 fully saturated rings. The van der Waals surface area contributed by atoms with Crippen molar-refractivity contribution in [1.82, 2.24) is 9.97 Å². The molecule has 0 aromatic carbocycles. The van der Waals surface area contributed by atoms with Crippen LogP contribution < -0.4 is 0 Å². The van der Waals surface area contributed by atoms with E-state index in [4.69, 9.17) is 0 Å². The second kappa shape index (κ2) is 4.87. The van der Waals surface area contributed by atoms with E-state index in [1.807, 2.05) is 24.4 Å². The summed E-state index contributed by atoms with van der Waals surface area (Å²) in [5.41, 5.74) is 3.24. The third-order valence-corrected chi connectivity index (χ3v) is 2.67. The Morgan fingerprint density at radius 3 is 2.71 bits per heavy atom. The van der Waals surface area contributed by atoms with E-state index < -0.39 is 0 Å². The van der Waals surface area contributed by atoms with Crippen LogP contribution in [0.4, 0.5) is 0 Å². The molecule has 3 heteroatoms. The minimum absolute atomic E-state index is 0.365. The Bertz CT molecular complexity index is 521. The van der Waals surface area contributed by atoms with E-state index in [0.717, 1.165) is 17.4 Å². The van der Waals surface area contributed by atoms with Gasteiger partial charge in [0.05, 0.1) is 5.69 Å². The lowest BCUT2D eigenvalue weighted by atomic mass is 10.0. The number of aldehydes is 1. The van der Waals surface area contributed by atoms with Crippen molar-refractivity contribution < 1.29 is 4.79 Å². The van der Waals surface area contributed by atoms with Crippen LogP contribution in [0, 0.1) is 0 Å². The van der Waals surface area contributed by atoms with Crippen molar-refractivity contribution in [3.05, 3.63) is 47.9 Å². The van der Waals surface area contributed by atoms with Crippen LogP contribution in [-0.4, -0.2) is 16.3 Å². The molecular weight excluding hydrogens is 212 g/mol. The molecule has 0 spiro atoms. The summed E-state index contributed by atoms with van der Waals surface area (Å²) in [4.78, 5) is 19.5. The van der Waals surface area contributed by atoms with Crippen LogP contribution in [0.25, 0.3) is 11.3 Å². The van der Waals surface area contributed by atoms with Crippen molar-refractivity contribution in [2.45, 2.75) is 19.8 Å². The van der Waals surface area contributed by atoms with E-state index in [-0.39, 0.29) is 0 Å². The van der Waals surface area contributed by atoms with Crippen LogP contribution in [0.15, 0.2) is 36.8 Å². The highest BCUT2D eigenvalue weighted by Crippen LogP contribution is 2.22. The van der Waals surface area contributed by atoms with Gasteiger partial charge in [0.2, 0.25) is 0 Å². The van der Waals surface area contributed by atoms with Crippen molar-refractivity contribution in [3.63, 3.8) is 0 Å². The summed E-state index contributed by atoms with van der Waals surface area (Å²) in [6.07, 6.45) is 6.08. The summed E-state index contributed by atoms with van der Waals surface area (Å²) in [7, 11) is 0. The molecule has 86 valence electrons. The third kappa shape index (κ3) is 2.38. The van der Waals surface area contributed by atoms with Crippen LogP contribution in [0.5, 0.6) is 0 Å². The van der Waals surface area contributed by atoms with E-state index in [9.17, 15) is 4.79 Å². The number of rotatable bonds is 3. The molecule has 0 radical (unpaired) electrons. The summed E-state index contributed by atoms with van der Waals surface area (Å²) in [6.45, 7) is 4.16. The van der Waals surface area contributed by atoms with Gasteiger partial charge in [0.25, 0.3) is 0 Å². The van der Waals surface area contributed by atoms with Gasteiger partial charge in [-0.2, -0.15) is 0 Å². The van der Waals surface area contributed by atoms with Crippen molar-refractivity contribution in [1.29, 1.82) is 0 Å². The molecule has 2 rings (SSSR count). The Kier molecular flexibility index (Phi) is 3.28. The lowest BCUT2D eigenvalue weighted by molar-refractivity contribution is 0.112. The normalized spacial score (nSPS) is 10.5. The number of carbonyl (C=O) groups excluding carboxylic acids is 1. The Balaban J connectivity index is 2.52. The second-order valence-electron chi connectivity index (χ2n) is 4.22. The van der Waals surface area contributed by atoms with Gasteiger partial charge in [-0.15, -0.1) is 0 Å². The van der Waals surface area contributed by atoms with Crippen molar-refractivity contribution in [2.75, 3.05) is 0 Å². The highest BCUT2D eigenvalue weighted by atomic mass is 16.1. The number of nitrogens with zero attached hydrogens (tertiary/aromatic N) is 2. The molecule has 0 unspecified atom stereocenters. The van der Waals surface area contributed by atoms with Crippen LogP contribution >= 0.6 is 0 Å². The van der Waals surface area contributed by atoms with Gasteiger partial charge in [-0.1, -0.05) is 13.8 Å². The summed E-state index contributed by atoms with van der Waals surface area (Å²) < 4.78 is 0. The fourth-order valence-electron chi connectivity index (χ4n) is 1.65. The molecule has 0 aliphatic heterocycles. The van der Waals surface area contributed by atoms with Crippen molar-refractivity contribution >= 4 is 6.29 Å². The Morgan fingerprint density at radius 1 is 1.29 bits per heavy atom. The Labute approximate surface area is 101 Å². The molecule has 17 heavy (non-hydrogen) atoms. The number of pyridine rings is 2. The average Bonchev–Trinajstić information content (AvgIpc) is 2.39. The first-order valence-corrected chi connectivity index (χ1v) is 5.58. The molecule has 0 saturated carbocycles. The average molecular weight is 226 g/mol. The van der Waals surface area contributed by atoms with Crippen LogP contribution in [-0.2, 0) is 0 Å². The van der Waals surface area contributed by atoms with Gasteiger partial charge in [0.1, 0.15) is 0 Å². The molecule has 2 aromatic rings. The summed E-state index contributed by atoms with van der Waals surface area (Å²) in [5, 5.41) is 0. The van der Waals surface area contributed by atoms with Gasteiger partial charge in [-0.3, -0.25) is 14.8 Å². The van der Waals surface area contributed by atoms with Gasteiger partial charge in [-0.05, 0) is 29.7 Å². The highest BCUT2D eigenvalue weighted by Gasteiger charge is 2.09.